The first-order valence-electron chi connectivity index (χ1n) is 7.75. The number of amides is 1. The van der Waals surface area contributed by atoms with E-state index in [-0.39, 0.29) is 22.6 Å². The molecule has 1 N–H and O–H groups in total. The van der Waals surface area contributed by atoms with Crippen molar-refractivity contribution in [1.29, 1.82) is 0 Å². The van der Waals surface area contributed by atoms with Gasteiger partial charge in [0.15, 0.2) is 6.09 Å². The van der Waals surface area contributed by atoms with E-state index in [1.807, 2.05) is 0 Å². The van der Waals surface area contributed by atoms with Crippen LogP contribution in [0.15, 0.2) is 60.9 Å². The number of benzene rings is 2. The predicted molar refractivity (Wildman–Crippen MR) is 89.5 cm³/mol. The Hall–Kier alpha value is -3.82. The van der Waals surface area contributed by atoms with Crippen molar-refractivity contribution in [2.24, 2.45) is 0 Å². The summed E-state index contributed by atoms with van der Waals surface area (Å²) in [5.41, 5.74) is -1.14. The molecule has 0 aliphatic heterocycles. The predicted octanol–water partition coefficient (Wildman–Crippen LogP) is 3.37. The third-order valence-corrected chi connectivity index (χ3v) is 3.56. The molecular formula is C18H11F3N3O4-. The van der Waals surface area contributed by atoms with Crippen LogP contribution < -0.4 is 15.2 Å². The van der Waals surface area contributed by atoms with Crippen LogP contribution in [0.4, 0.5) is 28.4 Å². The Morgan fingerprint density at radius 1 is 1.07 bits per heavy atom. The van der Waals surface area contributed by atoms with Crippen LogP contribution in [0.5, 0.6) is 5.75 Å². The maximum atomic E-state index is 13.2. The van der Waals surface area contributed by atoms with Crippen molar-refractivity contribution in [3.63, 3.8) is 0 Å². The largest absolute Gasteiger partial charge is 0.528 e. The highest BCUT2D eigenvalue weighted by Gasteiger charge is 2.31. The number of halogens is 3. The molecule has 144 valence electrons. The van der Waals surface area contributed by atoms with Crippen molar-refractivity contribution < 1.29 is 32.6 Å². The molecule has 0 aliphatic carbocycles. The summed E-state index contributed by atoms with van der Waals surface area (Å²) in [7, 11) is 0. The Morgan fingerprint density at radius 2 is 1.79 bits per heavy atom. The van der Waals surface area contributed by atoms with Crippen molar-refractivity contribution in [2.75, 3.05) is 5.32 Å². The van der Waals surface area contributed by atoms with Gasteiger partial charge in [0.1, 0.15) is 5.75 Å². The molecule has 2 aromatic carbocycles. The van der Waals surface area contributed by atoms with Gasteiger partial charge in [-0.15, -0.1) is 0 Å². The fourth-order valence-corrected chi connectivity index (χ4v) is 2.34. The van der Waals surface area contributed by atoms with E-state index in [1.165, 1.54) is 18.2 Å². The number of anilines is 1. The van der Waals surface area contributed by atoms with E-state index in [1.54, 1.807) is 18.2 Å². The van der Waals surface area contributed by atoms with Crippen LogP contribution in [0.1, 0.15) is 5.56 Å². The second-order valence-electron chi connectivity index (χ2n) is 5.56. The molecule has 3 aromatic rings. The molecule has 0 radical (unpaired) electrons. The Morgan fingerprint density at radius 3 is 2.39 bits per heavy atom. The number of hydrogen-bond donors (Lipinski definition) is 1. The van der Waals surface area contributed by atoms with Crippen LogP contribution in [0.25, 0.3) is 11.1 Å². The molecule has 1 aromatic heterocycles. The van der Waals surface area contributed by atoms with Crippen LogP contribution in [0, 0.1) is 0 Å². The number of alkyl halides is 3. The van der Waals surface area contributed by atoms with Gasteiger partial charge in [-0.2, -0.15) is 18.3 Å². The molecular weight excluding hydrogens is 379 g/mol. The Labute approximate surface area is 156 Å². The zero-order chi connectivity index (χ0) is 20.3. The number of nitrogens with zero attached hydrogens (tertiary/aromatic N) is 2. The average Bonchev–Trinajstić information content (AvgIpc) is 3.12. The Bertz CT molecular complexity index is 1020. The number of carbonyl (C=O) groups excluding carboxylic acids is 2. The lowest BCUT2D eigenvalue weighted by Gasteiger charge is -2.13. The first-order chi connectivity index (χ1) is 13.2. The quantitative estimate of drug-likeness (QED) is 0.740. The fourth-order valence-electron chi connectivity index (χ4n) is 2.34. The number of aromatic nitrogens is 2. The van der Waals surface area contributed by atoms with Gasteiger partial charge < -0.3 is 14.6 Å². The molecule has 28 heavy (non-hydrogen) atoms. The van der Waals surface area contributed by atoms with Crippen molar-refractivity contribution in [3.05, 3.63) is 66.5 Å². The lowest BCUT2D eigenvalue weighted by Crippen LogP contribution is -2.28. The van der Waals surface area contributed by atoms with Crippen LogP contribution in [0.3, 0.4) is 0 Å². The van der Waals surface area contributed by atoms with Crippen molar-refractivity contribution >= 4 is 17.9 Å². The summed E-state index contributed by atoms with van der Waals surface area (Å²) in [6.07, 6.45) is -5.25. The lowest BCUT2D eigenvalue weighted by atomic mass is 10.0. The summed E-state index contributed by atoms with van der Waals surface area (Å²) in [6.45, 7) is 0. The number of carboxylic acid groups (broad SMARTS) is 1. The minimum absolute atomic E-state index is 0.00247. The number of nitrogens with one attached hydrogen (secondary N) is 1. The third kappa shape index (κ3) is 4.47. The van der Waals surface area contributed by atoms with Crippen LogP contribution in [-0.2, 0) is 6.18 Å². The summed E-state index contributed by atoms with van der Waals surface area (Å²) in [4.78, 5) is 22.8. The maximum absolute atomic E-state index is 13.2. The number of carbonyl (C=O) groups is 2. The minimum Gasteiger partial charge on any atom is -0.528 e. The van der Waals surface area contributed by atoms with Crippen LogP contribution in [0.2, 0.25) is 0 Å². The zero-order valence-corrected chi connectivity index (χ0v) is 13.9. The van der Waals surface area contributed by atoms with Gasteiger partial charge in [0.25, 0.3) is 0 Å². The van der Waals surface area contributed by atoms with E-state index in [2.05, 4.69) is 10.4 Å². The van der Waals surface area contributed by atoms with E-state index >= 15 is 0 Å². The van der Waals surface area contributed by atoms with Gasteiger partial charge in [-0.3, -0.25) is 5.32 Å². The second-order valence-corrected chi connectivity index (χ2v) is 5.56. The first kappa shape index (κ1) is 19.0. The Balaban J connectivity index is 1.91. The molecule has 3 rings (SSSR count). The van der Waals surface area contributed by atoms with Gasteiger partial charge in [0.05, 0.1) is 11.8 Å². The topological polar surface area (TPSA) is 96.3 Å². The lowest BCUT2D eigenvalue weighted by molar-refractivity contribution is -0.251. The molecule has 7 nitrogen and oxygen atoms in total. The molecule has 1 amide bonds. The molecule has 0 aliphatic rings. The molecule has 10 heteroatoms. The van der Waals surface area contributed by atoms with E-state index in [0.29, 0.717) is 4.68 Å². The molecule has 1 heterocycles. The molecule has 0 spiro atoms. The molecule has 0 unspecified atom stereocenters. The van der Waals surface area contributed by atoms with E-state index < -0.39 is 23.9 Å². The maximum Gasteiger partial charge on any atom is 0.417 e. The number of rotatable bonds is 3. The number of para-hydroxylation sites is 1. The molecule has 0 saturated carbocycles. The van der Waals surface area contributed by atoms with E-state index in [9.17, 15) is 27.9 Å². The fraction of sp³-hybridized carbons (Fsp3) is 0.0556. The Kier molecular flexibility index (Phi) is 5.03. The normalized spacial score (nSPS) is 11.1. The number of hydrogen-bond acceptors (Lipinski definition) is 5. The van der Waals surface area contributed by atoms with Crippen molar-refractivity contribution in [2.45, 2.75) is 6.18 Å². The van der Waals surface area contributed by atoms with E-state index in [4.69, 9.17) is 4.74 Å². The molecule has 0 fully saturated rings. The van der Waals surface area contributed by atoms with Gasteiger partial charge in [0.2, 0.25) is 0 Å². The summed E-state index contributed by atoms with van der Waals surface area (Å²) < 4.78 is 45.1. The van der Waals surface area contributed by atoms with Crippen molar-refractivity contribution in [1.82, 2.24) is 9.78 Å². The summed E-state index contributed by atoms with van der Waals surface area (Å²) in [5, 5.41) is 16.5. The highest BCUT2D eigenvalue weighted by molar-refractivity contribution is 5.87. The minimum atomic E-state index is -4.69. The molecule has 0 atom stereocenters. The third-order valence-electron chi connectivity index (χ3n) is 3.56. The standard InChI is InChI=1S/C18H12F3N3O4/c19-18(20,21)13-6-11(12-9-22-24(10-12)17(26)27)7-14(8-13)23-16(25)28-15-4-2-1-3-5-15/h1-10H,(H,23,25)(H,26,27)/p-1. The van der Waals surface area contributed by atoms with Gasteiger partial charge in [-0.1, -0.05) is 18.2 Å². The monoisotopic (exact) mass is 390 g/mol. The summed E-state index contributed by atoms with van der Waals surface area (Å²) >= 11 is 0. The number of ether oxygens (including phenoxy) is 1. The van der Waals surface area contributed by atoms with Crippen LogP contribution in [-0.4, -0.2) is 22.0 Å². The van der Waals surface area contributed by atoms with Gasteiger partial charge >= 0.3 is 12.3 Å². The SMILES string of the molecule is O=C(Nc1cc(-c2cnn(C(=O)[O-])c2)cc(C(F)(F)F)c1)Oc1ccccc1. The molecule has 0 saturated heterocycles. The first-order valence-corrected chi connectivity index (χ1v) is 7.75. The van der Waals surface area contributed by atoms with Gasteiger partial charge in [-0.25, -0.2) is 9.48 Å². The summed E-state index contributed by atoms with van der Waals surface area (Å²) in [5.74, 6) is 0.211. The van der Waals surface area contributed by atoms with Gasteiger partial charge in [-0.05, 0) is 35.9 Å². The second kappa shape index (κ2) is 7.43. The molecule has 0 bridgehead atoms. The van der Waals surface area contributed by atoms with Crippen molar-refractivity contribution in [3.8, 4) is 16.9 Å². The van der Waals surface area contributed by atoms with E-state index in [0.717, 1.165) is 24.5 Å². The summed E-state index contributed by atoms with van der Waals surface area (Å²) in [6, 6.07) is 10.7. The van der Waals surface area contributed by atoms with Crippen LogP contribution >= 0.6 is 0 Å². The highest BCUT2D eigenvalue weighted by atomic mass is 19.4. The smallest absolute Gasteiger partial charge is 0.417 e. The average molecular weight is 390 g/mol. The zero-order valence-electron chi connectivity index (χ0n) is 13.9. The van der Waals surface area contributed by atoms with Gasteiger partial charge in [0, 0.05) is 17.4 Å². The highest BCUT2D eigenvalue weighted by Crippen LogP contribution is 2.35.